The van der Waals surface area contributed by atoms with Crippen LogP contribution in [0.2, 0.25) is 0 Å². The van der Waals surface area contributed by atoms with Crippen molar-refractivity contribution in [2.24, 2.45) is 0 Å². The van der Waals surface area contributed by atoms with Crippen molar-refractivity contribution in [2.75, 3.05) is 14.2 Å². The maximum absolute atomic E-state index is 5.44. The largest absolute Gasteiger partial charge is 0.493 e. The first-order chi connectivity index (χ1) is 13.3. The molecule has 0 amide bonds. The van der Waals surface area contributed by atoms with Gasteiger partial charge in [0, 0.05) is 5.56 Å². The van der Waals surface area contributed by atoms with E-state index in [0.717, 1.165) is 41.1 Å². The Morgan fingerprint density at radius 3 is 2.33 bits per heavy atom. The normalized spacial score (nSPS) is 10.9. The van der Waals surface area contributed by atoms with Crippen LogP contribution in [0, 0.1) is 0 Å². The standard InChI is InChI=1S/C23H22N2O2/c1-26-22-15-9-18(16-23(22)27-2)21-14-13-20-12-11-19(24-25(20)21)10-8-17-6-4-3-5-7-17/h3-7,9,11-16H,8,10H2,1-2H3. The minimum absolute atomic E-state index is 0.713. The number of methoxy groups -OCH3 is 2. The molecule has 0 aliphatic heterocycles. The van der Waals surface area contributed by atoms with Gasteiger partial charge in [0.05, 0.1) is 31.1 Å². The molecule has 2 heterocycles. The highest BCUT2D eigenvalue weighted by Crippen LogP contribution is 2.32. The van der Waals surface area contributed by atoms with Crippen LogP contribution in [0.1, 0.15) is 11.3 Å². The van der Waals surface area contributed by atoms with Gasteiger partial charge in [-0.2, -0.15) is 5.10 Å². The first kappa shape index (κ1) is 17.2. The van der Waals surface area contributed by atoms with E-state index in [-0.39, 0.29) is 0 Å². The average Bonchev–Trinajstić information content (AvgIpc) is 3.15. The smallest absolute Gasteiger partial charge is 0.161 e. The summed E-state index contributed by atoms with van der Waals surface area (Å²) in [6.45, 7) is 0. The fourth-order valence-electron chi connectivity index (χ4n) is 3.29. The number of benzene rings is 2. The zero-order valence-corrected chi connectivity index (χ0v) is 15.6. The second kappa shape index (κ2) is 7.54. The molecule has 4 aromatic rings. The molecule has 0 N–H and O–H groups in total. The zero-order chi connectivity index (χ0) is 18.6. The van der Waals surface area contributed by atoms with Gasteiger partial charge in [-0.05, 0) is 60.9 Å². The maximum atomic E-state index is 5.44. The Balaban J connectivity index is 1.66. The minimum atomic E-state index is 0.713. The van der Waals surface area contributed by atoms with E-state index in [1.54, 1.807) is 14.2 Å². The van der Waals surface area contributed by atoms with Crippen LogP contribution in [0.25, 0.3) is 16.8 Å². The van der Waals surface area contributed by atoms with E-state index in [4.69, 9.17) is 14.6 Å². The third-order valence-corrected chi connectivity index (χ3v) is 4.75. The molecule has 0 spiro atoms. The number of ether oxygens (including phenoxy) is 2. The highest BCUT2D eigenvalue weighted by atomic mass is 16.5. The van der Waals surface area contributed by atoms with Crippen molar-refractivity contribution < 1.29 is 9.47 Å². The minimum Gasteiger partial charge on any atom is -0.493 e. The van der Waals surface area contributed by atoms with Crippen molar-refractivity contribution in [3.8, 4) is 22.8 Å². The molecule has 4 rings (SSSR count). The highest BCUT2D eigenvalue weighted by Gasteiger charge is 2.11. The van der Waals surface area contributed by atoms with Crippen molar-refractivity contribution in [1.29, 1.82) is 0 Å². The van der Waals surface area contributed by atoms with Gasteiger partial charge in [0.25, 0.3) is 0 Å². The van der Waals surface area contributed by atoms with Crippen LogP contribution in [0.3, 0.4) is 0 Å². The molecule has 0 aliphatic rings. The number of aryl methyl sites for hydroxylation is 2. The molecular formula is C23H22N2O2. The van der Waals surface area contributed by atoms with Crippen LogP contribution in [-0.4, -0.2) is 23.8 Å². The Labute approximate surface area is 159 Å². The summed E-state index contributed by atoms with van der Waals surface area (Å²) < 4.78 is 12.8. The monoisotopic (exact) mass is 358 g/mol. The van der Waals surface area contributed by atoms with Crippen LogP contribution >= 0.6 is 0 Å². The molecule has 0 atom stereocenters. The molecule has 2 aromatic heterocycles. The molecule has 0 unspecified atom stereocenters. The fourth-order valence-corrected chi connectivity index (χ4v) is 3.29. The van der Waals surface area contributed by atoms with Crippen LogP contribution in [-0.2, 0) is 12.8 Å². The molecule has 0 saturated carbocycles. The molecular weight excluding hydrogens is 336 g/mol. The summed E-state index contributed by atoms with van der Waals surface area (Å²) in [5, 5.41) is 4.87. The van der Waals surface area contributed by atoms with Crippen molar-refractivity contribution in [3.05, 3.63) is 84.1 Å². The van der Waals surface area contributed by atoms with Crippen LogP contribution in [0.4, 0.5) is 0 Å². The molecule has 4 heteroatoms. The summed E-state index contributed by atoms with van der Waals surface area (Å²) in [5.41, 5.74) is 5.55. The Morgan fingerprint density at radius 2 is 1.56 bits per heavy atom. The lowest BCUT2D eigenvalue weighted by Gasteiger charge is -2.10. The van der Waals surface area contributed by atoms with Gasteiger partial charge in [0.2, 0.25) is 0 Å². The van der Waals surface area contributed by atoms with Crippen molar-refractivity contribution in [1.82, 2.24) is 9.61 Å². The summed E-state index contributed by atoms with van der Waals surface area (Å²) in [7, 11) is 3.29. The third kappa shape index (κ3) is 3.51. The average molecular weight is 358 g/mol. The number of nitrogens with zero attached hydrogens (tertiary/aromatic N) is 2. The van der Waals surface area contributed by atoms with Gasteiger partial charge in [-0.1, -0.05) is 30.3 Å². The second-order valence-corrected chi connectivity index (χ2v) is 6.44. The highest BCUT2D eigenvalue weighted by molar-refractivity contribution is 5.69. The summed E-state index contributed by atoms with van der Waals surface area (Å²) in [4.78, 5) is 0. The second-order valence-electron chi connectivity index (χ2n) is 6.44. The number of hydrogen-bond donors (Lipinski definition) is 0. The van der Waals surface area contributed by atoms with Gasteiger partial charge in [-0.25, -0.2) is 4.52 Å². The van der Waals surface area contributed by atoms with Gasteiger partial charge in [0.1, 0.15) is 0 Å². The van der Waals surface area contributed by atoms with E-state index in [1.165, 1.54) is 5.56 Å². The van der Waals surface area contributed by atoms with E-state index in [9.17, 15) is 0 Å². The number of aromatic nitrogens is 2. The first-order valence-electron chi connectivity index (χ1n) is 9.02. The molecule has 0 fully saturated rings. The SMILES string of the molecule is COc1ccc(-c2ccc3ccc(CCc4ccccc4)nn23)cc1OC. The van der Waals surface area contributed by atoms with E-state index in [1.807, 2.05) is 28.8 Å². The van der Waals surface area contributed by atoms with E-state index in [2.05, 4.69) is 48.5 Å². The summed E-state index contributed by atoms with van der Waals surface area (Å²) >= 11 is 0. The number of fused-ring (bicyclic) bond motifs is 1. The predicted octanol–water partition coefficient (Wildman–Crippen LogP) is 4.80. The fraction of sp³-hybridized carbons (Fsp3) is 0.174. The number of rotatable bonds is 6. The van der Waals surface area contributed by atoms with Gasteiger partial charge in [-0.15, -0.1) is 0 Å². The van der Waals surface area contributed by atoms with Crippen LogP contribution in [0.15, 0.2) is 72.8 Å². The third-order valence-electron chi connectivity index (χ3n) is 4.75. The lowest BCUT2D eigenvalue weighted by atomic mass is 10.1. The molecule has 0 radical (unpaired) electrons. The Morgan fingerprint density at radius 1 is 0.778 bits per heavy atom. The molecule has 0 saturated heterocycles. The molecule has 0 aliphatic carbocycles. The lowest BCUT2D eigenvalue weighted by molar-refractivity contribution is 0.355. The first-order valence-corrected chi connectivity index (χ1v) is 9.02. The number of hydrogen-bond acceptors (Lipinski definition) is 3. The summed E-state index contributed by atoms with van der Waals surface area (Å²) in [6.07, 6.45) is 1.88. The molecule has 0 bridgehead atoms. The lowest BCUT2D eigenvalue weighted by Crippen LogP contribution is -2.01. The van der Waals surface area contributed by atoms with Crippen LogP contribution < -0.4 is 9.47 Å². The van der Waals surface area contributed by atoms with E-state index < -0.39 is 0 Å². The van der Waals surface area contributed by atoms with E-state index in [0.29, 0.717) is 5.75 Å². The van der Waals surface area contributed by atoms with E-state index >= 15 is 0 Å². The van der Waals surface area contributed by atoms with Gasteiger partial charge in [0.15, 0.2) is 11.5 Å². The van der Waals surface area contributed by atoms with Gasteiger partial charge < -0.3 is 9.47 Å². The predicted molar refractivity (Wildman–Crippen MR) is 108 cm³/mol. The zero-order valence-electron chi connectivity index (χ0n) is 15.6. The van der Waals surface area contributed by atoms with Crippen molar-refractivity contribution in [3.63, 3.8) is 0 Å². The Kier molecular flexibility index (Phi) is 4.79. The maximum Gasteiger partial charge on any atom is 0.161 e. The van der Waals surface area contributed by atoms with Gasteiger partial charge >= 0.3 is 0 Å². The molecule has 4 nitrogen and oxygen atoms in total. The quantitative estimate of drug-likeness (QED) is 0.496. The topological polar surface area (TPSA) is 35.8 Å². The summed E-state index contributed by atoms with van der Waals surface area (Å²) in [6, 6.07) is 24.8. The Bertz CT molecular complexity index is 1050. The Hall–Kier alpha value is -3.27. The molecule has 136 valence electrons. The molecule has 2 aromatic carbocycles. The van der Waals surface area contributed by atoms with Crippen LogP contribution in [0.5, 0.6) is 11.5 Å². The summed E-state index contributed by atoms with van der Waals surface area (Å²) in [5.74, 6) is 1.43. The van der Waals surface area contributed by atoms with Crippen molar-refractivity contribution in [2.45, 2.75) is 12.8 Å². The van der Waals surface area contributed by atoms with Gasteiger partial charge in [-0.3, -0.25) is 0 Å². The molecule has 27 heavy (non-hydrogen) atoms. The van der Waals surface area contributed by atoms with Crippen molar-refractivity contribution >= 4 is 5.52 Å².